The van der Waals surface area contributed by atoms with Gasteiger partial charge in [0.2, 0.25) is 0 Å². The van der Waals surface area contributed by atoms with E-state index in [1.54, 1.807) is 6.26 Å². The van der Waals surface area contributed by atoms with Gasteiger partial charge in [-0.05, 0) is 38.6 Å². The molecule has 1 N–H and O–H groups in total. The maximum absolute atomic E-state index is 10.3. The minimum atomic E-state index is -0.738. The Morgan fingerprint density at radius 3 is 2.87 bits per heavy atom. The number of nitrogens with zero attached hydrogens (tertiary/aromatic N) is 1. The number of hydrogen-bond acceptors (Lipinski definition) is 3. The fraction of sp³-hybridized carbons (Fsp3) is 0.545. The highest BCUT2D eigenvalue weighted by Crippen LogP contribution is 2.11. The molecule has 0 saturated heterocycles. The number of carboxylic acids is 1. The first-order chi connectivity index (χ1) is 7.09. The van der Waals surface area contributed by atoms with Crippen LogP contribution in [0.25, 0.3) is 0 Å². The van der Waals surface area contributed by atoms with Crippen molar-refractivity contribution < 1.29 is 14.3 Å². The lowest BCUT2D eigenvalue weighted by atomic mass is 10.2. The molecule has 0 aromatic carbocycles. The molecule has 1 aromatic rings. The van der Waals surface area contributed by atoms with Crippen LogP contribution < -0.4 is 0 Å². The summed E-state index contributed by atoms with van der Waals surface area (Å²) in [6, 6.07) is 1.93. The van der Waals surface area contributed by atoms with Gasteiger partial charge in [0.15, 0.2) is 0 Å². The van der Waals surface area contributed by atoms with Crippen molar-refractivity contribution in [2.45, 2.75) is 26.3 Å². The Labute approximate surface area is 89.5 Å². The second kappa shape index (κ2) is 5.56. The molecular weight excluding hydrogens is 194 g/mol. The van der Waals surface area contributed by atoms with Gasteiger partial charge in [-0.25, -0.2) is 0 Å². The minimum Gasteiger partial charge on any atom is -0.481 e. The highest BCUT2D eigenvalue weighted by atomic mass is 16.4. The molecule has 0 aliphatic heterocycles. The smallest absolute Gasteiger partial charge is 0.303 e. The molecule has 84 valence electrons. The SMILES string of the molecule is Cc1ccoc1CN(C)CCCC(=O)O. The van der Waals surface area contributed by atoms with E-state index in [0.29, 0.717) is 6.42 Å². The molecule has 0 amide bonds. The summed E-state index contributed by atoms with van der Waals surface area (Å²) in [5.41, 5.74) is 1.14. The monoisotopic (exact) mass is 211 g/mol. The van der Waals surface area contributed by atoms with Crippen molar-refractivity contribution in [3.63, 3.8) is 0 Å². The molecule has 1 aromatic heterocycles. The Bertz CT molecular complexity index is 319. The zero-order chi connectivity index (χ0) is 11.3. The van der Waals surface area contributed by atoms with Gasteiger partial charge in [0.25, 0.3) is 0 Å². The molecule has 0 unspecified atom stereocenters. The second-order valence-electron chi connectivity index (χ2n) is 3.76. The largest absolute Gasteiger partial charge is 0.481 e. The van der Waals surface area contributed by atoms with Gasteiger partial charge in [0.1, 0.15) is 5.76 Å². The summed E-state index contributed by atoms with van der Waals surface area (Å²) in [5.74, 6) is 0.213. The molecular formula is C11H17NO3. The fourth-order valence-electron chi connectivity index (χ4n) is 1.39. The van der Waals surface area contributed by atoms with Crippen LogP contribution in [0.2, 0.25) is 0 Å². The van der Waals surface area contributed by atoms with E-state index in [9.17, 15) is 4.79 Å². The summed E-state index contributed by atoms with van der Waals surface area (Å²) in [6.07, 6.45) is 2.57. The van der Waals surface area contributed by atoms with E-state index in [1.807, 2.05) is 20.0 Å². The second-order valence-corrected chi connectivity index (χ2v) is 3.76. The van der Waals surface area contributed by atoms with Crippen molar-refractivity contribution in [2.24, 2.45) is 0 Å². The van der Waals surface area contributed by atoms with E-state index in [-0.39, 0.29) is 6.42 Å². The average molecular weight is 211 g/mol. The third-order valence-corrected chi connectivity index (χ3v) is 2.31. The maximum atomic E-state index is 10.3. The first-order valence-corrected chi connectivity index (χ1v) is 5.03. The van der Waals surface area contributed by atoms with Crippen LogP contribution in [-0.4, -0.2) is 29.6 Å². The highest BCUT2D eigenvalue weighted by Gasteiger charge is 2.06. The number of carbonyl (C=O) groups is 1. The lowest BCUT2D eigenvalue weighted by molar-refractivity contribution is -0.137. The van der Waals surface area contributed by atoms with Crippen LogP contribution in [0.4, 0.5) is 0 Å². The Balaban J connectivity index is 2.27. The molecule has 0 fully saturated rings. The highest BCUT2D eigenvalue weighted by molar-refractivity contribution is 5.66. The van der Waals surface area contributed by atoms with E-state index < -0.39 is 5.97 Å². The van der Waals surface area contributed by atoms with Crippen LogP contribution in [0.3, 0.4) is 0 Å². The molecule has 0 aliphatic rings. The number of rotatable bonds is 6. The quantitative estimate of drug-likeness (QED) is 0.780. The van der Waals surface area contributed by atoms with Crippen molar-refractivity contribution in [3.05, 3.63) is 23.7 Å². The molecule has 15 heavy (non-hydrogen) atoms. The van der Waals surface area contributed by atoms with Crippen LogP contribution in [0.5, 0.6) is 0 Å². The lowest BCUT2D eigenvalue weighted by Crippen LogP contribution is -2.19. The van der Waals surface area contributed by atoms with Crippen LogP contribution >= 0.6 is 0 Å². The maximum Gasteiger partial charge on any atom is 0.303 e. The van der Waals surface area contributed by atoms with Gasteiger partial charge >= 0.3 is 5.97 Å². The van der Waals surface area contributed by atoms with Gasteiger partial charge < -0.3 is 9.52 Å². The topological polar surface area (TPSA) is 53.7 Å². The molecule has 1 heterocycles. The standard InChI is InChI=1S/C11H17NO3/c1-9-5-7-15-10(9)8-12(2)6-3-4-11(13)14/h5,7H,3-4,6,8H2,1-2H3,(H,13,14). The van der Waals surface area contributed by atoms with Gasteiger partial charge in [-0.1, -0.05) is 0 Å². The number of aliphatic carboxylic acids is 1. The predicted molar refractivity (Wildman–Crippen MR) is 56.6 cm³/mol. The zero-order valence-electron chi connectivity index (χ0n) is 9.19. The summed E-state index contributed by atoms with van der Waals surface area (Å²) >= 11 is 0. The fourth-order valence-corrected chi connectivity index (χ4v) is 1.39. The van der Waals surface area contributed by atoms with Crippen LogP contribution in [0.1, 0.15) is 24.2 Å². The zero-order valence-corrected chi connectivity index (χ0v) is 9.19. The Morgan fingerprint density at radius 2 is 2.33 bits per heavy atom. The summed E-state index contributed by atoms with van der Waals surface area (Å²) in [5, 5.41) is 8.49. The number of furan rings is 1. The van der Waals surface area contributed by atoms with Crippen molar-refractivity contribution in [1.82, 2.24) is 4.90 Å². The van der Waals surface area contributed by atoms with E-state index in [1.165, 1.54) is 0 Å². The molecule has 0 atom stereocenters. The first-order valence-electron chi connectivity index (χ1n) is 5.03. The third-order valence-electron chi connectivity index (χ3n) is 2.31. The van der Waals surface area contributed by atoms with E-state index >= 15 is 0 Å². The van der Waals surface area contributed by atoms with Crippen LogP contribution in [0, 0.1) is 6.92 Å². The molecule has 1 rings (SSSR count). The molecule has 4 heteroatoms. The third kappa shape index (κ3) is 4.16. The number of aryl methyl sites for hydroxylation is 1. The average Bonchev–Trinajstić information content (AvgIpc) is 2.51. The van der Waals surface area contributed by atoms with Gasteiger partial charge in [-0.15, -0.1) is 0 Å². The number of carboxylic acid groups (broad SMARTS) is 1. The Hall–Kier alpha value is -1.29. The van der Waals surface area contributed by atoms with Crippen LogP contribution in [0.15, 0.2) is 16.7 Å². The predicted octanol–water partition coefficient (Wildman–Crippen LogP) is 1.88. The van der Waals surface area contributed by atoms with Crippen molar-refractivity contribution in [3.8, 4) is 0 Å². The van der Waals surface area contributed by atoms with Gasteiger partial charge in [0.05, 0.1) is 12.8 Å². The lowest BCUT2D eigenvalue weighted by Gasteiger charge is -2.14. The van der Waals surface area contributed by atoms with Gasteiger partial charge in [0, 0.05) is 6.42 Å². The van der Waals surface area contributed by atoms with Gasteiger partial charge in [-0.2, -0.15) is 0 Å². The summed E-state index contributed by atoms with van der Waals surface area (Å²) in [4.78, 5) is 12.4. The molecule has 4 nitrogen and oxygen atoms in total. The summed E-state index contributed by atoms with van der Waals surface area (Å²) in [7, 11) is 1.96. The van der Waals surface area contributed by atoms with E-state index in [0.717, 1.165) is 24.4 Å². The van der Waals surface area contributed by atoms with E-state index in [4.69, 9.17) is 9.52 Å². The minimum absolute atomic E-state index is 0.224. The number of hydrogen-bond donors (Lipinski definition) is 1. The first kappa shape index (κ1) is 11.8. The van der Waals surface area contributed by atoms with Crippen LogP contribution in [-0.2, 0) is 11.3 Å². The summed E-state index contributed by atoms with van der Waals surface area (Å²) < 4.78 is 5.30. The van der Waals surface area contributed by atoms with E-state index in [2.05, 4.69) is 4.90 Å². The Morgan fingerprint density at radius 1 is 1.60 bits per heavy atom. The van der Waals surface area contributed by atoms with Crippen molar-refractivity contribution >= 4 is 5.97 Å². The molecule has 0 spiro atoms. The summed E-state index contributed by atoms with van der Waals surface area (Å²) in [6.45, 7) is 3.51. The molecule has 0 saturated carbocycles. The molecule has 0 radical (unpaired) electrons. The molecule has 0 bridgehead atoms. The van der Waals surface area contributed by atoms with Gasteiger partial charge in [-0.3, -0.25) is 9.69 Å². The van der Waals surface area contributed by atoms with Crippen molar-refractivity contribution in [2.75, 3.05) is 13.6 Å². The van der Waals surface area contributed by atoms with Crippen molar-refractivity contribution in [1.29, 1.82) is 0 Å². The molecule has 0 aliphatic carbocycles. The normalized spacial score (nSPS) is 10.9. The Kier molecular flexibility index (Phi) is 4.37.